The molecule has 79 heavy (non-hydrogen) atoms. The zero-order valence-electron chi connectivity index (χ0n) is 53.7. The van der Waals surface area contributed by atoms with E-state index in [-0.39, 0.29) is 31.1 Å². The molecule has 6 heteroatoms. The Kier molecular flexibility index (Phi) is 66.6. The maximum absolute atomic E-state index is 13.0. The molecule has 0 saturated carbocycles. The number of hydrogen-bond donors (Lipinski definition) is 0. The number of ether oxygens (including phenoxy) is 3. The number of hydrogen-bond acceptors (Lipinski definition) is 6. The van der Waals surface area contributed by atoms with Gasteiger partial charge < -0.3 is 14.2 Å². The molecule has 0 aromatic heterocycles. The van der Waals surface area contributed by atoms with Crippen LogP contribution in [0.4, 0.5) is 0 Å². The normalized spacial score (nSPS) is 12.1. The first-order valence-corrected chi connectivity index (χ1v) is 35.8. The topological polar surface area (TPSA) is 78.9 Å². The molecule has 0 N–H and O–H groups in total. The maximum atomic E-state index is 13.0. The molecule has 0 aliphatic heterocycles. The van der Waals surface area contributed by atoms with Crippen molar-refractivity contribution in [2.75, 3.05) is 13.2 Å². The number of allylic oxidation sites excluding steroid dienone is 4. The van der Waals surface area contributed by atoms with Gasteiger partial charge in [-0.3, -0.25) is 14.4 Å². The summed E-state index contributed by atoms with van der Waals surface area (Å²) in [6.45, 7) is 6.71. The Bertz CT molecular complexity index is 1270. The molecule has 0 aliphatic rings. The average molecular weight is 1110 g/mol. The van der Waals surface area contributed by atoms with Crippen molar-refractivity contribution in [1.29, 1.82) is 0 Å². The zero-order chi connectivity index (χ0) is 57.1. The van der Waals surface area contributed by atoms with Crippen molar-refractivity contribution in [3.05, 3.63) is 24.3 Å². The lowest BCUT2D eigenvalue weighted by Gasteiger charge is -2.18. The molecule has 0 aromatic carbocycles. The van der Waals surface area contributed by atoms with Gasteiger partial charge in [0.05, 0.1) is 0 Å². The van der Waals surface area contributed by atoms with Gasteiger partial charge in [0, 0.05) is 19.3 Å². The van der Waals surface area contributed by atoms with Gasteiger partial charge >= 0.3 is 17.9 Å². The predicted octanol–water partition coefficient (Wildman–Crippen LogP) is 24.6. The van der Waals surface area contributed by atoms with Crippen LogP contribution in [0.3, 0.4) is 0 Å². The Morgan fingerprint density at radius 2 is 0.418 bits per heavy atom. The second-order valence-electron chi connectivity index (χ2n) is 24.5. The zero-order valence-corrected chi connectivity index (χ0v) is 53.7. The molecular weight excluding hydrogens is 973 g/mol. The first-order valence-electron chi connectivity index (χ1n) is 35.8. The lowest BCUT2D eigenvalue weighted by atomic mass is 10.0. The van der Waals surface area contributed by atoms with Crippen LogP contribution >= 0.6 is 0 Å². The van der Waals surface area contributed by atoms with Gasteiger partial charge in [0.1, 0.15) is 13.2 Å². The van der Waals surface area contributed by atoms with E-state index in [0.29, 0.717) is 19.3 Å². The fourth-order valence-corrected chi connectivity index (χ4v) is 11.0. The van der Waals surface area contributed by atoms with Crippen LogP contribution in [0, 0.1) is 0 Å². The van der Waals surface area contributed by atoms with Gasteiger partial charge in [-0.2, -0.15) is 0 Å². The van der Waals surface area contributed by atoms with Crippen LogP contribution in [0.15, 0.2) is 24.3 Å². The summed E-state index contributed by atoms with van der Waals surface area (Å²) in [5.41, 5.74) is 0. The molecule has 0 radical (unpaired) electrons. The Hall–Kier alpha value is -2.11. The van der Waals surface area contributed by atoms with Crippen molar-refractivity contribution in [2.45, 2.75) is 412 Å². The molecule has 0 fully saturated rings. The summed E-state index contributed by atoms with van der Waals surface area (Å²) in [5, 5.41) is 0. The summed E-state index contributed by atoms with van der Waals surface area (Å²) in [6.07, 6.45) is 83.5. The van der Waals surface area contributed by atoms with Crippen LogP contribution in [-0.2, 0) is 28.6 Å². The quantitative estimate of drug-likeness (QED) is 0.0261. The van der Waals surface area contributed by atoms with E-state index in [0.717, 1.165) is 57.8 Å². The number of rotatable bonds is 67. The fraction of sp³-hybridized carbons (Fsp3) is 0.904. The monoisotopic (exact) mass is 1110 g/mol. The molecule has 0 saturated heterocycles. The fourth-order valence-electron chi connectivity index (χ4n) is 11.0. The van der Waals surface area contributed by atoms with Crippen LogP contribution in [-0.4, -0.2) is 37.2 Å². The van der Waals surface area contributed by atoms with Crippen molar-refractivity contribution in [1.82, 2.24) is 0 Å². The largest absolute Gasteiger partial charge is 0.462 e. The Morgan fingerprint density at radius 1 is 0.241 bits per heavy atom. The SMILES string of the molecule is CCCCCCCC/C=C\CCCCCCCCCCCC(=O)OC(COC(=O)CCCCCCCCC/C=C\CCCCCCCC)COC(=O)CCCCCCCCCCCCCCCCCCCCCCCCCCC. The van der Waals surface area contributed by atoms with E-state index in [1.807, 2.05) is 0 Å². The summed E-state index contributed by atoms with van der Waals surface area (Å²) >= 11 is 0. The third-order valence-electron chi connectivity index (χ3n) is 16.4. The summed E-state index contributed by atoms with van der Waals surface area (Å²) in [6, 6.07) is 0. The van der Waals surface area contributed by atoms with Gasteiger partial charge in [-0.15, -0.1) is 0 Å². The molecule has 0 rings (SSSR count). The molecule has 6 nitrogen and oxygen atoms in total. The van der Waals surface area contributed by atoms with Crippen LogP contribution in [0.1, 0.15) is 406 Å². The highest BCUT2D eigenvalue weighted by Gasteiger charge is 2.19. The number of esters is 3. The Labute approximate surface area is 493 Å². The first-order chi connectivity index (χ1) is 39.0. The lowest BCUT2D eigenvalue weighted by molar-refractivity contribution is -0.167. The summed E-state index contributed by atoms with van der Waals surface area (Å²) < 4.78 is 17.0. The number of carbonyl (C=O) groups excluding carboxylic acids is 3. The molecular formula is C73H138O6. The van der Waals surface area contributed by atoms with Gasteiger partial charge in [0.25, 0.3) is 0 Å². The van der Waals surface area contributed by atoms with Crippen molar-refractivity contribution < 1.29 is 28.6 Å². The average Bonchev–Trinajstić information content (AvgIpc) is 3.45. The molecule has 0 bridgehead atoms. The third kappa shape index (κ3) is 66.6. The van der Waals surface area contributed by atoms with Crippen molar-refractivity contribution in [3.63, 3.8) is 0 Å². The summed E-state index contributed by atoms with van der Waals surface area (Å²) in [7, 11) is 0. The van der Waals surface area contributed by atoms with Gasteiger partial charge in [0.2, 0.25) is 0 Å². The van der Waals surface area contributed by atoms with Gasteiger partial charge in [-0.05, 0) is 70.6 Å². The van der Waals surface area contributed by atoms with Crippen LogP contribution in [0.2, 0.25) is 0 Å². The van der Waals surface area contributed by atoms with Gasteiger partial charge in [0.15, 0.2) is 6.10 Å². The van der Waals surface area contributed by atoms with Crippen molar-refractivity contribution in [3.8, 4) is 0 Å². The highest BCUT2D eigenvalue weighted by Crippen LogP contribution is 2.19. The minimum absolute atomic E-state index is 0.0678. The molecule has 1 atom stereocenters. The van der Waals surface area contributed by atoms with Crippen LogP contribution in [0.5, 0.6) is 0 Å². The van der Waals surface area contributed by atoms with E-state index in [9.17, 15) is 14.4 Å². The van der Waals surface area contributed by atoms with Crippen molar-refractivity contribution >= 4 is 17.9 Å². The number of unbranched alkanes of at least 4 members (excludes halogenated alkanes) is 52. The van der Waals surface area contributed by atoms with Crippen LogP contribution in [0.25, 0.3) is 0 Å². The standard InChI is InChI=1S/C73H138O6/c1-4-7-10-13-16-19-22-25-28-31-33-34-35-36-37-38-40-42-45-48-51-54-57-60-63-66-72(75)78-69-70(68-77-71(74)65-62-59-56-53-50-47-44-41-30-27-24-21-18-15-12-9-6-3)79-73(76)67-64-61-58-55-52-49-46-43-39-32-29-26-23-20-17-14-11-8-5-2/h26-27,29-30,70H,4-25,28,31-69H2,1-3H3/b29-26-,30-27-. The van der Waals surface area contributed by atoms with E-state index >= 15 is 0 Å². The second-order valence-corrected chi connectivity index (χ2v) is 24.5. The lowest BCUT2D eigenvalue weighted by Crippen LogP contribution is -2.30. The number of carbonyl (C=O) groups is 3. The highest BCUT2D eigenvalue weighted by molar-refractivity contribution is 5.71. The highest BCUT2D eigenvalue weighted by atomic mass is 16.6. The summed E-state index contributed by atoms with van der Waals surface area (Å²) in [4.78, 5) is 38.5. The molecule has 0 heterocycles. The van der Waals surface area contributed by atoms with E-state index < -0.39 is 6.10 Å². The molecule has 0 spiro atoms. The molecule has 466 valence electrons. The smallest absolute Gasteiger partial charge is 0.306 e. The molecule has 1 unspecified atom stereocenters. The molecule has 0 amide bonds. The first kappa shape index (κ1) is 76.9. The molecule has 0 aliphatic carbocycles. The summed E-state index contributed by atoms with van der Waals surface area (Å²) in [5.74, 6) is -0.842. The van der Waals surface area contributed by atoms with E-state index in [1.54, 1.807) is 0 Å². The Balaban J connectivity index is 4.27. The van der Waals surface area contributed by atoms with E-state index in [2.05, 4.69) is 45.1 Å². The van der Waals surface area contributed by atoms with Crippen LogP contribution < -0.4 is 0 Å². The Morgan fingerprint density at radius 3 is 0.633 bits per heavy atom. The van der Waals surface area contributed by atoms with E-state index in [4.69, 9.17) is 14.2 Å². The second kappa shape index (κ2) is 68.4. The van der Waals surface area contributed by atoms with Gasteiger partial charge in [-0.1, -0.05) is 340 Å². The minimum Gasteiger partial charge on any atom is -0.462 e. The van der Waals surface area contributed by atoms with Gasteiger partial charge in [-0.25, -0.2) is 0 Å². The minimum atomic E-state index is -0.773. The third-order valence-corrected chi connectivity index (χ3v) is 16.4. The predicted molar refractivity (Wildman–Crippen MR) is 344 cm³/mol. The molecule has 0 aromatic rings. The van der Waals surface area contributed by atoms with Crippen molar-refractivity contribution in [2.24, 2.45) is 0 Å². The van der Waals surface area contributed by atoms with E-state index in [1.165, 1.54) is 308 Å². The maximum Gasteiger partial charge on any atom is 0.306 e.